The van der Waals surface area contributed by atoms with E-state index in [9.17, 15) is 19.2 Å². The molecule has 2 saturated heterocycles. The molecule has 2 aromatic rings. The first-order chi connectivity index (χ1) is 21.5. The Bertz CT molecular complexity index is 1210. The van der Waals surface area contributed by atoms with Crippen molar-refractivity contribution in [1.82, 2.24) is 30.9 Å². The summed E-state index contributed by atoms with van der Waals surface area (Å²) < 4.78 is 23.6. The molecule has 0 bridgehead atoms. The number of ketones is 1. The molecule has 14 nitrogen and oxygen atoms in total. The van der Waals surface area contributed by atoms with Crippen LogP contribution in [0.3, 0.4) is 0 Å². The SMILES string of the molecule is O=CC(=O)c1ccc(-n2cc(COCCOCCOCCOCCNC(=O)CCCC[C@H]3SC[C@H]4NC(=O)N[C@H]43)nn2)cc1. The van der Waals surface area contributed by atoms with Gasteiger partial charge in [0.05, 0.1) is 76.8 Å². The van der Waals surface area contributed by atoms with E-state index in [4.69, 9.17) is 18.9 Å². The van der Waals surface area contributed by atoms with Crippen molar-refractivity contribution in [2.45, 2.75) is 49.6 Å². The van der Waals surface area contributed by atoms with Crippen LogP contribution in [0.1, 0.15) is 41.7 Å². The molecule has 44 heavy (non-hydrogen) atoms. The van der Waals surface area contributed by atoms with E-state index in [0.717, 1.165) is 25.0 Å². The molecule has 0 saturated carbocycles. The number of nitrogens with zero attached hydrogens (tertiary/aromatic N) is 3. The molecular formula is C29H40N6O8S. The highest BCUT2D eigenvalue weighted by Crippen LogP contribution is 2.33. The minimum Gasteiger partial charge on any atom is -0.377 e. The van der Waals surface area contributed by atoms with E-state index in [1.165, 1.54) is 0 Å². The van der Waals surface area contributed by atoms with Crippen molar-refractivity contribution in [1.29, 1.82) is 0 Å². The molecule has 3 atom stereocenters. The lowest BCUT2D eigenvalue weighted by atomic mass is 10.0. The molecule has 15 heteroatoms. The number of amides is 3. The summed E-state index contributed by atoms with van der Waals surface area (Å²) in [5.41, 5.74) is 1.68. The topological polar surface area (TPSA) is 172 Å². The van der Waals surface area contributed by atoms with Crippen molar-refractivity contribution >= 4 is 35.8 Å². The molecular weight excluding hydrogens is 592 g/mol. The highest BCUT2D eigenvalue weighted by Gasteiger charge is 2.42. The number of carbonyl (C=O) groups excluding carboxylic acids is 4. The van der Waals surface area contributed by atoms with Crippen LogP contribution in [0.25, 0.3) is 5.69 Å². The number of thioether (sulfide) groups is 1. The monoisotopic (exact) mass is 632 g/mol. The summed E-state index contributed by atoms with van der Waals surface area (Å²) in [7, 11) is 0. The average molecular weight is 633 g/mol. The molecule has 2 aliphatic rings. The van der Waals surface area contributed by atoms with Crippen molar-refractivity contribution in [3.05, 3.63) is 41.7 Å². The molecule has 3 amide bonds. The van der Waals surface area contributed by atoms with Crippen LogP contribution in [0, 0.1) is 0 Å². The van der Waals surface area contributed by atoms with E-state index in [-0.39, 0.29) is 36.9 Å². The first-order valence-electron chi connectivity index (χ1n) is 14.8. The second kappa shape index (κ2) is 18.4. The number of carbonyl (C=O) groups is 4. The third-order valence-electron chi connectivity index (χ3n) is 7.08. The average Bonchev–Trinajstić information content (AvgIpc) is 3.76. The molecule has 0 spiro atoms. The Morgan fingerprint density at radius 2 is 1.68 bits per heavy atom. The largest absolute Gasteiger partial charge is 0.377 e. The lowest BCUT2D eigenvalue weighted by Gasteiger charge is -2.16. The first kappa shape index (κ1) is 33.5. The summed E-state index contributed by atoms with van der Waals surface area (Å²) in [6.45, 7) is 3.73. The number of hydrogen-bond donors (Lipinski definition) is 3. The van der Waals surface area contributed by atoms with E-state index in [2.05, 4.69) is 26.3 Å². The molecule has 240 valence electrons. The van der Waals surface area contributed by atoms with Crippen LogP contribution in [0.4, 0.5) is 4.79 Å². The second-order valence-electron chi connectivity index (χ2n) is 10.3. The number of aromatic nitrogens is 3. The van der Waals surface area contributed by atoms with Crippen molar-refractivity contribution in [3.63, 3.8) is 0 Å². The van der Waals surface area contributed by atoms with Gasteiger partial charge >= 0.3 is 6.03 Å². The van der Waals surface area contributed by atoms with Crippen molar-refractivity contribution in [3.8, 4) is 5.69 Å². The van der Waals surface area contributed by atoms with Crippen LogP contribution in [-0.4, -0.2) is 115 Å². The van der Waals surface area contributed by atoms with Gasteiger partial charge in [0.25, 0.3) is 0 Å². The van der Waals surface area contributed by atoms with Crippen LogP contribution in [0.5, 0.6) is 0 Å². The number of ether oxygens (including phenoxy) is 4. The van der Waals surface area contributed by atoms with E-state index >= 15 is 0 Å². The van der Waals surface area contributed by atoms with Crippen molar-refractivity contribution in [2.75, 3.05) is 58.5 Å². The van der Waals surface area contributed by atoms with Crippen molar-refractivity contribution < 1.29 is 38.1 Å². The smallest absolute Gasteiger partial charge is 0.315 e. The van der Waals surface area contributed by atoms with Gasteiger partial charge in [-0.3, -0.25) is 14.4 Å². The molecule has 0 radical (unpaired) electrons. The predicted octanol–water partition coefficient (Wildman–Crippen LogP) is 1.06. The first-order valence-corrected chi connectivity index (χ1v) is 15.9. The molecule has 2 fully saturated rings. The van der Waals surface area contributed by atoms with Crippen LogP contribution in [-0.2, 0) is 35.1 Å². The molecule has 3 N–H and O–H groups in total. The van der Waals surface area contributed by atoms with Gasteiger partial charge in [0.1, 0.15) is 5.69 Å². The Labute approximate surface area is 260 Å². The van der Waals surface area contributed by atoms with Gasteiger partial charge < -0.3 is 34.9 Å². The molecule has 1 aromatic heterocycles. The Balaban J connectivity index is 0.893. The number of fused-ring (bicyclic) bond motifs is 1. The minimum absolute atomic E-state index is 0.0307. The lowest BCUT2D eigenvalue weighted by molar-refractivity contribution is -0.121. The fourth-order valence-corrected chi connectivity index (χ4v) is 6.34. The Morgan fingerprint density at radius 1 is 0.977 bits per heavy atom. The van der Waals surface area contributed by atoms with Crippen molar-refractivity contribution in [2.24, 2.45) is 0 Å². The van der Waals surface area contributed by atoms with Gasteiger partial charge in [0, 0.05) is 29.5 Å². The van der Waals surface area contributed by atoms with Crippen LogP contribution in [0.15, 0.2) is 30.5 Å². The molecule has 2 aliphatic heterocycles. The van der Waals surface area contributed by atoms with Gasteiger partial charge in [0.2, 0.25) is 11.7 Å². The highest BCUT2D eigenvalue weighted by molar-refractivity contribution is 8.00. The van der Waals surface area contributed by atoms with E-state index < -0.39 is 5.78 Å². The summed E-state index contributed by atoms with van der Waals surface area (Å²) in [5.74, 6) is 0.412. The third kappa shape index (κ3) is 11.0. The summed E-state index contributed by atoms with van der Waals surface area (Å²) in [6, 6.07) is 6.88. The summed E-state index contributed by atoms with van der Waals surface area (Å²) in [4.78, 5) is 45.5. The number of Topliss-reactive ketones (excluding diaryl/α,β-unsaturated/α-hetero) is 1. The number of nitrogens with one attached hydrogen (secondary N) is 3. The summed E-state index contributed by atoms with van der Waals surface area (Å²) in [5, 5.41) is 17.4. The quantitative estimate of drug-likeness (QED) is 0.0557. The van der Waals surface area contributed by atoms with Gasteiger partial charge in [-0.1, -0.05) is 11.6 Å². The summed E-state index contributed by atoms with van der Waals surface area (Å²) >= 11 is 1.89. The number of rotatable bonds is 22. The number of hydrogen-bond acceptors (Lipinski definition) is 11. The van der Waals surface area contributed by atoms with Gasteiger partial charge in [-0.25, -0.2) is 9.48 Å². The van der Waals surface area contributed by atoms with Gasteiger partial charge in [-0.15, -0.1) is 5.10 Å². The summed E-state index contributed by atoms with van der Waals surface area (Å²) in [6.07, 6.45) is 5.31. The van der Waals surface area contributed by atoms with Gasteiger partial charge in [-0.05, 0) is 37.1 Å². The van der Waals surface area contributed by atoms with Crippen LogP contribution >= 0.6 is 11.8 Å². The number of aldehydes is 1. The fourth-order valence-electron chi connectivity index (χ4n) is 4.80. The van der Waals surface area contributed by atoms with E-state index in [0.29, 0.717) is 81.4 Å². The number of benzene rings is 1. The second-order valence-corrected chi connectivity index (χ2v) is 11.6. The Kier molecular flexibility index (Phi) is 14.0. The normalized spacial score (nSPS) is 18.9. The maximum Gasteiger partial charge on any atom is 0.315 e. The Morgan fingerprint density at radius 3 is 2.41 bits per heavy atom. The van der Waals surface area contributed by atoms with Gasteiger partial charge in [0.15, 0.2) is 6.29 Å². The lowest BCUT2D eigenvalue weighted by Crippen LogP contribution is -2.36. The third-order valence-corrected chi connectivity index (χ3v) is 8.59. The standard InChI is InChI=1S/C29H40N6O8S/c36-18-25(37)21-5-7-23(8-6-21)35-17-22(33-34-35)19-43-16-15-42-14-13-41-12-11-40-10-9-30-27(38)4-2-1-3-26-28-24(20-44-26)31-29(39)32-28/h5-8,17-18,24,26,28H,1-4,9-16,19-20H2,(H,30,38)(H2,31,32,39)/t24-,26-,28-/m1/s1. The maximum absolute atomic E-state index is 12.0. The molecule has 0 unspecified atom stereocenters. The Hall–Kier alpha value is -3.37. The fraction of sp³-hybridized carbons (Fsp3) is 0.586. The molecule has 1 aromatic carbocycles. The van der Waals surface area contributed by atoms with E-state index in [1.54, 1.807) is 35.1 Å². The maximum atomic E-state index is 12.0. The van der Waals surface area contributed by atoms with Crippen LogP contribution in [0.2, 0.25) is 0 Å². The molecule has 0 aliphatic carbocycles. The molecule has 3 heterocycles. The zero-order valence-electron chi connectivity index (χ0n) is 24.6. The number of unbranched alkanes of at least 4 members (excludes halogenated alkanes) is 1. The number of urea groups is 1. The minimum atomic E-state index is -0.572. The predicted molar refractivity (Wildman–Crippen MR) is 161 cm³/mol. The van der Waals surface area contributed by atoms with E-state index in [1.807, 2.05) is 11.8 Å². The molecule has 4 rings (SSSR count). The highest BCUT2D eigenvalue weighted by atomic mass is 32.2. The van der Waals surface area contributed by atoms with Gasteiger partial charge in [-0.2, -0.15) is 11.8 Å². The zero-order chi connectivity index (χ0) is 31.0. The van der Waals surface area contributed by atoms with Crippen LogP contribution < -0.4 is 16.0 Å². The zero-order valence-corrected chi connectivity index (χ0v) is 25.4.